The third kappa shape index (κ3) is 6.92. The minimum Gasteiger partial charge on any atom is -0.356 e. The molecule has 1 atom stereocenters. The Balaban J connectivity index is 1.71. The Labute approximate surface area is 153 Å². The molecule has 0 spiro atoms. The quantitative estimate of drug-likeness (QED) is 0.519. The molecule has 152 valence electrons. The fourth-order valence-corrected chi connectivity index (χ4v) is 4.30. The Morgan fingerprint density at radius 1 is 1.19 bits per heavy atom. The second-order valence-corrected chi connectivity index (χ2v) is 9.02. The van der Waals surface area contributed by atoms with Gasteiger partial charge in [0.15, 0.2) is 5.96 Å². The van der Waals surface area contributed by atoms with Crippen LogP contribution in [0.4, 0.5) is 13.2 Å². The van der Waals surface area contributed by atoms with Crippen LogP contribution in [0.25, 0.3) is 0 Å². The molecule has 2 N–H and O–H groups in total. The first-order chi connectivity index (χ1) is 12.1. The molecule has 2 saturated heterocycles. The van der Waals surface area contributed by atoms with Crippen molar-refractivity contribution in [1.29, 1.82) is 0 Å². The van der Waals surface area contributed by atoms with E-state index in [0.29, 0.717) is 51.0 Å². The molecule has 26 heavy (non-hydrogen) atoms. The fraction of sp³-hybridized carbons (Fsp3) is 0.933. The number of guanidine groups is 1. The average Bonchev–Trinajstić information content (AvgIpc) is 2.96. The lowest BCUT2D eigenvalue weighted by Crippen LogP contribution is -2.47. The molecule has 7 nitrogen and oxygen atoms in total. The predicted octanol–water partition coefficient (Wildman–Crippen LogP) is 0.460. The van der Waals surface area contributed by atoms with E-state index in [4.69, 9.17) is 0 Å². The van der Waals surface area contributed by atoms with E-state index in [0.717, 1.165) is 12.8 Å². The standard InChI is InChI=1S/C15H28F3N5O2S/c1-19-14(21-13-5-6-22(10-13)11-15(16,17)18)20-9-12-3-7-23(8-4-12)26(2,24)25/h12-13H,3-11H2,1-2H3,(H2,19,20,21). The maximum Gasteiger partial charge on any atom is 0.401 e. The van der Waals surface area contributed by atoms with Gasteiger partial charge in [-0.05, 0) is 25.2 Å². The Morgan fingerprint density at radius 2 is 1.85 bits per heavy atom. The van der Waals surface area contributed by atoms with Crippen LogP contribution in [0.3, 0.4) is 0 Å². The Hall–Kier alpha value is -1.07. The van der Waals surface area contributed by atoms with Crippen LogP contribution in [-0.4, -0.2) is 88.4 Å². The number of sulfonamides is 1. The minimum absolute atomic E-state index is 0.0596. The highest BCUT2D eigenvalue weighted by atomic mass is 32.2. The van der Waals surface area contributed by atoms with Gasteiger partial charge < -0.3 is 10.6 Å². The van der Waals surface area contributed by atoms with E-state index in [-0.39, 0.29) is 6.04 Å². The highest BCUT2D eigenvalue weighted by Gasteiger charge is 2.34. The van der Waals surface area contributed by atoms with E-state index < -0.39 is 22.7 Å². The number of likely N-dealkylation sites (tertiary alicyclic amines) is 1. The number of nitrogens with zero attached hydrogens (tertiary/aromatic N) is 3. The maximum absolute atomic E-state index is 12.5. The van der Waals surface area contributed by atoms with Crippen molar-refractivity contribution in [3.05, 3.63) is 0 Å². The van der Waals surface area contributed by atoms with Crippen molar-refractivity contribution in [2.75, 3.05) is 52.6 Å². The van der Waals surface area contributed by atoms with Gasteiger partial charge in [0.2, 0.25) is 10.0 Å². The topological polar surface area (TPSA) is 77.0 Å². The molecule has 0 radical (unpaired) electrons. The molecule has 0 amide bonds. The van der Waals surface area contributed by atoms with Gasteiger partial charge in [0.05, 0.1) is 12.8 Å². The second-order valence-electron chi connectivity index (χ2n) is 7.04. The number of aliphatic imine (C=N–C) groups is 1. The van der Waals surface area contributed by atoms with Crippen molar-refractivity contribution < 1.29 is 21.6 Å². The van der Waals surface area contributed by atoms with E-state index in [1.54, 1.807) is 7.05 Å². The lowest BCUT2D eigenvalue weighted by Gasteiger charge is -2.30. The van der Waals surface area contributed by atoms with E-state index in [2.05, 4.69) is 15.6 Å². The van der Waals surface area contributed by atoms with Gasteiger partial charge >= 0.3 is 6.18 Å². The van der Waals surface area contributed by atoms with Crippen molar-refractivity contribution in [2.45, 2.75) is 31.5 Å². The van der Waals surface area contributed by atoms with E-state index in [1.807, 2.05) is 0 Å². The first kappa shape index (κ1) is 21.2. The van der Waals surface area contributed by atoms with Crippen LogP contribution in [-0.2, 0) is 10.0 Å². The zero-order valence-electron chi connectivity index (χ0n) is 15.2. The summed E-state index contributed by atoms with van der Waals surface area (Å²) < 4.78 is 61.9. The number of nitrogens with one attached hydrogen (secondary N) is 2. The molecule has 2 aliphatic rings. The monoisotopic (exact) mass is 399 g/mol. The number of alkyl halides is 3. The Bertz CT molecular complexity index is 589. The maximum atomic E-state index is 12.5. The van der Waals surface area contributed by atoms with Gasteiger partial charge in [-0.3, -0.25) is 9.89 Å². The summed E-state index contributed by atoms with van der Waals surface area (Å²) in [6.07, 6.45) is -0.750. The van der Waals surface area contributed by atoms with Gasteiger partial charge in [-0.2, -0.15) is 13.2 Å². The van der Waals surface area contributed by atoms with Crippen LogP contribution in [0.15, 0.2) is 4.99 Å². The first-order valence-corrected chi connectivity index (χ1v) is 10.6. The van der Waals surface area contributed by atoms with Crippen molar-refractivity contribution in [3.63, 3.8) is 0 Å². The van der Waals surface area contributed by atoms with Gasteiger partial charge in [-0.25, -0.2) is 12.7 Å². The molecule has 2 rings (SSSR count). The zero-order chi connectivity index (χ0) is 19.4. The largest absolute Gasteiger partial charge is 0.401 e. The summed E-state index contributed by atoms with van der Waals surface area (Å²) in [5.74, 6) is 0.922. The van der Waals surface area contributed by atoms with Crippen LogP contribution in [0.5, 0.6) is 0 Å². The summed E-state index contributed by atoms with van der Waals surface area (Å²) in [5, 5.41) is 6.39. The average molecular weight is 399 g/mol. The van der Waals surface area contributed by atoms with Crippen molar-refractivity contribution in [2.24, 2.45) is 10.9 Å². The molecule has 2 fully saturated rings. The molecule has 2 aliphatic heterocycles. The fourth-order valence-electron chi connectivity index (χ4n) is 3.42. The van der Waals surface area contributed by atoms with Crippen LogP contribution in [0.2, 0.25) is 0 Å². The van der Waals surface area contributed by atoms with Crippen molar-refractivity contribution in [1.82, 2.24) is 19.8 Å². The summed E-state index contributed by atoms with van der Waals surface area (Å²) in [4.78, 5) is 5.53. The molecule has 0 aromatic carbocycles. The normalized spacial score (nSPS) is 24.8. The SMILES string of the molecule is CN=C(NCC1CCN(S(C)(=O)=O)CC1)NC1CCN(CC(F)(F)F)C1. The molecule has 11 heteroatoms. The van der Waals surface area contributed by atoms with Crippen molar-refractivity contribution >= 4 is 16.0 Å². The molecule has 0 saturated carbocycles. The van der Waals surface area contributed by atoms with Gasteiger partial charge in [-0.1, -0.05) is 0 Å². The third-order valence-corrected chi connectivity index (χ3v) is 6.14. The molecule has 2 heterocycles. The van der Waals surface area contributed by atoms with Crippen LogP contribution in [0.1, 0.15) is 19.3 Å². The molecular formula is C15H28F3N5O2S. The van der Waals surface area contributed by atoms with Gasteiger partial charge in [0.25, 0.3) is 0 Å². The van der Waals surface area contributed by atoms with E-state index >= 15 is 0 Å². The van der Waals surface area contributed by atoms with Gasteiger partial charge in [-0.15, -0.1) is 0 Å². The van der Waals surface area contributed by atoms with E-state index in [9.17, 15) is 21.6 Å². The van der Waals surface area contributed by atoms with E-state index in [1.165, 1.54) is 15.5 Å². The summed E-state index contributed by atoms with van der Waals surface area (Å²) in [6.45, 7) is 1.58. The second kappa shape index (κ2) is 8.75. The summed E-state index contributed by atoms with van der Waals surface area (Å²) >= 11 is 0. The van der Waals surface area contributed by atoms with Crippen LogP contribution in [0, 0.1) is 5.92 Å². The number of halogens is 3. The molecule has 0 aromatic rings. The third-order valence-electron chi connectivity index (χ3n) is 4.84. The molecule has 0 bridgehead atoms. The first-order valence-electron chi connectivity index (χ1n) is 8.78. The summed E-state index contributed by atoms with van der Waals surface area (Å²) in [6, 6.07) is -0.0596. The lowest BCUT2D eigenvalue weighted by molar-refractivity contribution is -0.143. The molecule has 0 aliphatic carbocycles. The Kier molecular flexibility index (Phi) is 7.14. The van der Waals surface area contributed by atoms with Crippen LogP contribution >= 0.6 is 0 Å². The summed E-state index contributed by atoms with van der Waals surface area (Å²) in [5.41, 5.74) is 0. The zero-order valence-corrected chi connectivity index (χ0v) is 16.0. The van der Waals surface area contributed by atoms with Gasteiger partial charge in [0, 0.05) is 45.8 Å². The number of hydrogen-bond acceptors (Lipinski definition) is 4. The smallest absolute Gasteiger partial charge is 0.356 e. The van der Waals surface area contributed by atoms with Crippen LogP contribution < -0.4 is 10.6 Å². The van der Waals surface area contributed by atoms with Gasteiger partial charge in [0.1, 0.15) is 0 Å². The van der Waals surface area contributed by atoms with Crippen molar-refractivity contribution in [3.8, 4) is 0 Å². The lowest BCUT2D eigenvalue weighted by atomic mass is 9.98. The molecule has 0 aromatic heterocycles. The highest BCUT2D eigenvalue weighted by molar-refractivity contribution is 7.88. The molecular weight excluding hydrogens is 371 g/mol. The number of rotatable bonds is 5. The number of hydrogen-bond donors (Lipinski definition) is 2. The Morgan fingerprint density at radius 3 is 2.38 bits per heavy atom. The minimum atomic E-state index is -4.17. The molecule has 1 unspecified atom stereocenters. The summed E-state index contributed by atoms with van der Waals surface area (Å²) in [7, 11) is -1.50. The highest BCUT2D eigenvalue weighted by Crippen LogP contribution is 2.20. The number of piperidine rings is 1. The predicted molar refractivity (Wildman–Crippen MR) is 94.5 cm³/mol.